The zero-order chi connectivity index (χ0) is 16.1. The van der Waals surface area contributed by atoms with Crippen LogP contribution < -0.4 is 10.4 Å². The molecule has 0 radical (unpaired) electrons. The number of hydroxylamine groups is 2. The molecule has 6 nitrogen and oxygen atoms in total. The highest BCUT2D eigenvalue weighted by molar-refractivity contribution is 5.61. The molecule has 122 valence electrons. The predicted molar refractivity (Wildman–Crippen MR) is 89.1 cm³/mol. The van der Waals surface area contributed by atoms with Gasteiger partial charge < -0.3 is 20.3 Å². The standard InChI is InChI=1S/C17H22N4O2/c1-13-11-16(14-5-3-2-4-6-14)19-20-17(13)18-8-7-15-12-21(22)9-10-23-15/h2-6,11,15,21H,7-10,12H2,1H3,(H,18,20). The highest BCUT2D eigenvalue weighted by Crippen LogP contribution is 2.19. The van der Waals surface area contributed by atoms with Crippen LogP contribution in [0.5, 0.6) is 0 Å². The van der Waals surface area contributed by atoms with E-state index in [1.807, 2.05) is 43.3 Å². The van der Waals surface area contributed by atoms with E-state index in [-0.39, 0.29) is 6.10 Å². The number of hydrogen-bond donors (Lipinski definition) is 2. The molecule has 2 unspecified atom stereocenters. The molecule has 1 aliphatic heterocycles. The largest absolute Gasteiger partial charge is 0.634 e. The van der Waals surface area contributed by atoms with E-state index in [2.05, 4.69) is 15.5 Å². The minimum absolute atomic E-state index is 0.0283. The number of morpholine rings is 1. The summed E-state index contributed by atoms with van der Waals surface area (Å²) in [5.74, 6) is 0.784. The molecule has 6 heteroatoms. The van der Waals surface area contributed by atoms with E-state index in [1.165, 1.54) is 0 Å². The van der Waals surface area contributed by atoms with Crippen molar-refractivity contribution in [2.45, 2.75) is 19.4 Å². The van der Waals surface area contributed by atoms with Gasteiger partial charge in [-0.1, -0.05) is 30.3 Å². The zero-order valence-electron chi connectivity index (χ0n) is 13.3. The molecule has 1 fully saturated rings. The van der Waals surface area contributed by atoms with Crippen molar-refractivity contribution >= 4 is 5.82 Å². The summed E-state index contributed by atoms with van der Waals surface area (Å²) in [5, 5.41) is 23.6. The van der Waals surface area contributed by atoms with Gasteiger partial charge in [-0.05, 0) is 25.0 Å². The zero-order valence-corrected chi connectivity index (χ0v) is 13.3. The second-order valence-corrected chi connectivity index (χ2v) is 5.83. The Labute approximate surface area is 136 Å². The third kappa shape index (κ3) is 4.25. The minimum atomic E-state index is 0.0283. The third-order valence-corrected chi connectivity index (χ3v) is 4.00. The van der Waals surface area contributed by atoms with Gasteiger partial charge in [-0.15, -0.1) is 10.2 Å². The Morgan fingerprint density at radius 1 is 1.30 bits per heavy atom. The van der Waals surface area contributed by atoms with Crippen molar-refractivity contribution < 1.29 is 9.80 Å². The lowest BCUT2D eigenvalue weighted by atomic mass is 10.1. The van der Waals surface area contributed by atoms with Gasteiger partial charge in [0.25, 0.3) is 0 Å². The molecule has 1 aromatic heterocycles. The Morgan fingerprint density at radius 2 is 2.13 bits per heavy atom. The first-order chi connectivity index (χ1) is 11.2. The molecule has 0 saturated carbocycles. The number of nitrogens with zero attached hydrogens (tertiary/aromatic N) is 2. The summed E-state index contributed by atoms with van der Waals surface area (Å²) in [6.45, 7) is 4.37. The Balaban J connectivity index is 1.56. The first-order valence-electron chi connectivity index (χ1n) is 7.99. The Hall–Kier alpha value is -2.02. The lowest BCUT2D eigenvalue weighted by molar-refractivity contribution is -0.861. The van der Waals surface area contributed by atoms with Gasteiger partial charge in [0.15, 0.2) is 5.82 Å². The van der Waals surface area contributed by atoms with Gasteiger partial charge in [-0.2, -0.15) is 0 Å². The number of ether oxygens (including phenoxy) is 1. The topological polar surface area (TPSA) is 74.5 Å². The average molecular weight is 314 g/mol. The number of hydrogen-bond acceptors (Lipinski definition) is 5. The Kier molecular flexibility index (Phi) is 5.17. The molecule has 2 N–H and O–H groups in total. The molecule has 0 aliphatic carbocycles. The van der Waals surface area contributed by atoms with Gasteiger partial charge in [0, 0.05) is 12.1 Å². The second-order valence-electron chi connectivity index (χ2n) is 5.83. The molecular weight excluding hydrogens is 292 g/mol. The highest BCUT2D eigenvalue weighted by Gasteiger charge is 2.18. The fourth-order valence-electron chi connectivity index (χ4n) is 2.70. The van der Waals surface area contributed by atoms with Crippen LogP contribution in [0.2, 0.25) is 0 Å². The molecule has 0 spiro atoms. The SMILES string of the molecule is Cc1cc(-c2ccccc2)nnc1NCCC1C[NH+]([O-])CCO1. The number of anilines is 1. The van der Waals surface area contributed by atoms with Crippen LogP contribution in [0.15, 0.2) is 36.4 Å². The maximum absolute atomic E-state index is 11.4. The van der Waals surface area contributed by atoms with Gasteiger partial charge >= 0.3 is 0 Å². The molecule has 1 aliphatic rings. The summed E-state index contributed by atoms with van der Waals surface area (Å²) in [6, 6.07) is 12.0. The highest BCUT2D eigenvalue weighted by atomic mass is 16.5. The van der Waals surface area contributed by atoms with Crippen molar-refractivity contribution in [3.05, 3.63) is 47.2 Å². The van der Waals surface area contributed by atoms with Crippen LogP contribution in [0.1, 0.15) is 12.0 Å². The summed E-state index contributed by atoms with van der Waals surface area (Å²) < 4.78 is 5.60. The van der Waals surface area contributed by atoms with E-state index >= 15 is 0 Å². The number of aryl methyl sites for hydroxylation is 1. The summed E-state index contributed by atoms with van der Waals surface area (Å²) in [5.41, 5.74) is 2.98. The Bertz CT molecular complexity index is 636. The fraction of sp³-hybridized carbons (Fsp3) is 0.412. The van der Waals surface area contributed by atoms with Crippen molar-refractivity contribution in [3.8, 4) is 11.3 Å². The van der Waals surface area contributed by atoms with Gasteiger partial charge in [-0.3, -0.25) is 0 Å². The monoisotopic (exact) mass is 314 g/mol. The quantitative estimate of drug-likeness (QED) is 0.807. The van der Waals surface area contributed by atoms with Crippen LogP contribution in [0.3, 0.4) is 0 Å². The van der Waals surface area contributed by atoms with E-state index in [1.54, 1.807) is 0 Å². The molecule has 2 aromatic rings. The van der Waals surface area contributed by atoms with Crippen LogP contribution >= 0.6 is 0 Å². The van der Waals surface area contributed by atoms with E-state index in [9.17, 15) is 5.21 Å². The number of aromatic nitrogens is 2. The number of rotatable bonds is 5. The van der Waals surface area contributed by atoms with Crippen LogP contribution in [0.4, 0.5) is 5.82 Å². The summed E-state index contributed by atoms with van der Waals surface area (Å²) in [7, 11) is 0. The molecule has 0 amide bonds. The fourth-order valence-corrected chi connectivity index (χ4v) is 2.70. The molecular formula is C17H22N4O2. The van der Waals surface area contributed by atoms with Crippen LogP contribution in [-0.2, 0) is 4.74 Å². The van der Waals surface area contributed by atoms with Gasteiger partial charge in [0.05, 0.1) is 12.3 Å². The van der Waals surface area contributed by atoms with Crippen molar-refractivity contribution in [1.82, 2.24) is 10.2 Å². The van der Waals surface area contributed by atoms with E-state index in [0.29, 0.717) is 24.8 Å². The first-order valence-corrected chi connectivity index (χ1v) is 7.99. The maximum atomic E-state index is 11.4. The van der Waals surface area contributed by atoms with Gasteiger partial charge in [0.1, 0.15) is 19.2 Å². The summed E-state index contributed by atoms with van der Waals surface area (Å²) in [6.07, 6.45) is 0.827. The van der Waals surface area contributed by atoms with E-state index < -0.39 is 0 Å². The van der Waals surface area contributed by atoms with Crippen LogP contribution in [0.25, 0.3) is 11.3 Å². The van der Waals surface area contributed by atoms with Crippen molar-refractivity contribution in [2.75, 3.05) is 31.6 Å². The second kappa shape index (κ2) is 7.50. The van der Waals surface area contributed by atoms with Gasteiger partial charge in [-0.25, -0.2) is 0 Å². The van der Waals surface area contributed by atoms with Crippen molar-refractivity contribution in [1.29, 1.82) is 0 Å². The van der Waals surface area contributed by atoms with Crippen molar-refractivity contribution in [3.63, 3.8) is 0 Å². The Morgan fingerprint density at radius 3 is 2.87 bits per heavy atom. The van der Waals surface area contributed by atoms with Crippen LogP contribution in [-0.4, -0.2) is 42.5 Å². The third-order valence-electron chi connectivity index (χ3n) is 4.00. The number of benzene rings is 1. The van der Waals surface area contributed by atoms with Gasteiger partial charge in [0.2, 0.25) is 0 Å². The predicted octanol–water partition coefficient (Wildman–Crippen LogP) is 1.04. The van der Waals surface area contributed by atoms with Crippen LogP contribution in [0, 0.1) is 12.1 Å². The molecule has 3 rings (SSSR count). The average Bonchev–Trinajstić information content (AvgIpc) is 2.57. The smallest absolute Gasteiger partial charge is 0.151 e. The van der Waals surface area contributed by atoms with Crippen molar-refractivity contribution in [2.24, 2.45) is 0 Å². The molecule has 2 atom stereocenters. The molecule has 0 bridgehead atoms. The maximum Gasteiger partial charge on any atom is 0.151 e. The summed E-state index contributed by atoms with van der Waals surface area (Å²) >= 11 is 0. The molecule has 1 aromatic carbocycles. The number of nitrogens with one attached hydrogen (secondary N) is 2. The first kappa shape index (κ1) is 15.9. The molecule has 2 heterocycles. The lowest BCUT2D eigenvalue weighted by Gasteiger charge is -2.32. The van der Waals surface area contributed by atoms with E-state index in [0.717, 1.165) is 35.6 Å². The number of quaternary nitrogens is 1. The summed E-state index contributed by atoms with van der Waals surface area (Å²) in [4.78, 5) is 0. The molecule has 1 saturated heterocycles. The van der Waals surface area contributed by atoms with E-state index in [4.69, 9.17) is 4.74 Å². The minimum Gasteiger partial charge on any atom is -0.634 e. The normalized spacial score (nSPS) is 21.1. The molecule has 23 heavy (non-hydrogen) atoms. The lowest BCUT2D eigenvalue weighted by Crippen LogP contribution is -3.10.